The van der Waals surface area contributed by atoms with Crippen LogP contribution in [-0.2, 0) is 4.79 Å². The number of phenolic OH excluding ortho intramolecular Hbond substituents is 1. The van der Waals surface area contributed by atoms with Crippen molar-refractivity contribution in [3.8, 4) is 17.0 Å². The Balaban J connectivity index is 1.58. The first kappa shape index (κ1) is 15.4. The largest absolute Gasteiger partial charge is 0.507 e. The van der Waals surface area contributed by atoms with Crippen molar-refractivity contribution < 1.29 is 15.0 Å². The van der Waals surface area contributed by atoms with Crippen LogP contribution in [0, 0.1) is 24.7 Å². The highest BCUT2D eigenvalue weighted by Gasteiger charge is 2.46. The molecular weight excluding hydrogens is 324 g/mol. The van der Waals surface area contributed by atoms with Gasteiger partial charge in [0, 0.05) is 24.0 Å². The number of hydrogen-bond acceptors (Lipinski definition) is 5. The lowest BCUT2D eigenvalue weighted by molar-refractivity contribution is -0.144. The molecule has 2 aliphatic rings. The summed E-state index contributed by atoms with van der Waals surface area (Å²) >= 11 is 1.56. The van der Waals surface area contributed by atoms with E-state index in [2.05, 4.69) is 4.90 Å². The van der Waals surface area contributed by atoms with Crippen molar-refractivity contribution in [2.24, 2.45) is 17.8 Å². The first-order chi connectivity index (χ1) is 11.5. The molecule has 2 bridgehead atoms. The van der Waals surface area contributed by atoms with Gasteiger partial charge in [0.05, 0.1) is 11.6 Å². The van der Waals surface area contributed by atoms with Gasteiger partial charge in [-0.2, -0.15) is 0 Å². The number of anilines is 1. The first-order valence-electron chi connectivity index (χ1n) is 8.26. The summed E-state index contributed by atoms with van der Waals surface area (Å²) < 4.78 is 0. The zero-order chi connectivity index (χ0) is 16.8. The second kappa shape index (κ2) is 5.77. The van der Waals surface area contributed by atoms with Gasteiger partial charge in [-0.3, -0.25) is 4.79 Å². The van der Waals surface area contributed by atoms with Gasteiger partial charge < -0.3 is 15.1 Å². The fourth-order valence-corrected chi connectivity index (χ4v) is 5.02. The number of fused-ring (bicyclic) bond motifs is 2. The molecule has 0 amide bonds. The fourth-order valence-electron chi connectivity index (χ4n) is 4.17. The average Bonchev–Trinajstić information content (AvgIpc) is 3.13. The number of carboxylic acid groups (broad SMARTS) is 1. The Kier molecular flexibility index (Phi) is 3.72. The Morgan fingerprint density at radius 2 is 2.00 bits per heavy atom. The van der Waals surface area contributed by atoms with Crippen molar-refractivity contribution in [2.75, 3.05) is 18.0 Å². The third-order valence-electron chi connectivity index (χ3n) is 5.31. The molecule has 1 aromatic carbocycles. The van der Waals surface area contributed by atoms with E-state index < -0.39 is 5.97 Å². The first-order valence-corrected chi connectivity index (χ1v) is 9.14. The molecule has 24 heavy (non-hydrogen) atoms. The summed E-state index contributed by atoms with van der Waals surface area (Å²) in [5, 5.41) is 22.4. The highest BCUT2D eigenvalue weighted by Crippen LogP contribution is 2.44. The van der Waals surface area contributed by atoms with Crippen molar-refractivity contribution >= 4 is 22.4 Å². The van der Waals surface area contributed by atoms with Crippen LogP contribution in [0.5, 0.6) is 5.75 Å². The molecule has 1 saturated heterocycles. The van der Waals surface area contributed by atoms with E-state index in [1.165, 1.54) is 0 Å². The Labute approximate surface area is 144 Å². The van der Waals surface area contributed by atoms with Gasteiger partial charge in [0.15, 0.2) is 5.13 Å². The fraction of sp³-hybridized carbons (Fsp3) is 0.444. The molecule has 2 heterocycles. The summed E-state index contributed by atoms with van der Waals surface area (Å²) in [6.07, 6.45) is 1.99. The molecule has 2 N–H and O–H groups in total. The Hall–Kier alpha value is -2.08. The molecule has 0 spiro atoms. The van der Waals surface area contributed by atoms with Crippen molar-refractivity contribution in [3.05, 3.63) is 29.1 Å². The molecule has 126 valence electrons. The number of benzene rings is 1. The number of aliphatic carboxylic acids is 1. The van der Waals surface area contributed by atoms with Crippen LogP contribution in [0.4, 0.5) is 5.13 Å². The van der Waals surface area contributed by atoms with Gasteiger partial charge in [0.25, 0.3) is 0 Å². The van der Waals surface area contributed by atoms with Gasteiger partial charge in [-0.15, -0.1) is 11.3 Å². The maximum atomic E-state index is 11.5. The maximum Gasteiger partial charge on any atom is 0.307 e. The molecular formula is C18H20N2O3S. The number of rotatable bonds is 3. The van der Waals surface area contributed by atoms with E-state index in [-0.39, 0.29) is 23.5 Å². The summed E-state index contributed by atoms with van der Waals surface area (Å²) in [6.45, 7) is 3.52. The molecule has 2 aromatic rings. The highest BCUT2D eigenvalue weighted by molar-refractivity contribution is 7.14. The summed E-state index contributed by atoms with van der Waals surface area (Å²) in [5.41, 5.74) is 2.61. The third-order valence-corrected chi connectivity index (χ3v) is 6.21. The Bertz CT molecular complexity index is 774. The van der Waals surface area contributed by atoms with Gasteiger partial charge in [0.2, 0.25) is 0 Å². The van der Waals surface area contributed by atoms with E-state index in [9.17, 15) is 15.0 Å². The molecule has 1 aliphatic heterocycles. The molecule has 2 atom stereocenters. The van der Waals surface area contributed by atoms with Crippen LogP contribution in [-0.4, -0.2) is 34.3 Å². The average molecular weight is 344 g/mol. The van der Waals surface area contributed by atoms with Crippen LogP contribution in [0.1, 0.15) is 18.4 Å². The van der Waals surface area contributed by atoms with Crippen molar-refractivity contribution in [2.45, 2.75) is 19.8 Å². The van der Waals surface area contributed by atoms with E-state index in [0.717, 1.165) is 47.9 Å². The standard InChI is InChI=1S/C18H20N2O3S/c1-10-2-5-15(21)13(6-10)14-9-24-18(19-14)20-7-11-3-4-12(8-20)16(11)17(22)23/h2,5-6,9,11-12,16,21H,3-4,7-8H2,1H3,(H,22,23). The van der Waals surface area contributed by atoms with Gasteiger partial charge >= 0.3 is 5.97 Å². The molecule has 2 fully saturated rings. The molecule has 5 nitrogen and oxygen atoms in total. The second-order valence-corrected chi connectivity index (χ2v) is 7.74. The zero-order valence-electron chi connectivity index (χ0n) is 13.5. The van der Waals surface area contributed by atoms with Crippen LogP contribution in [0.2, 0.25) is 0 Å². The lowest BCUT2D eigenvalue weighted by atomic mass is 9.85. The van der Waals surface area contributed by atoms with Crippen LogP contribution in [0.3, 0.4) is 0 Å². The SMILES string of the molecule is Cc1ccc(O)c(-c2csc(N3CC4CCC(C3)C4C(=O)O)n2)c1. The number of phenols is 1. The predicted molar refractivity (Wildman–Crippen MR) is 93.5 cm³/mol. The summed E-state index contributed by atoms with van der Waals surface area (Å²) in [4.78, 5) is 18.4. The van der Waals surface area contributed by atoms with E-state index in [1.807, 2.05) is 24.4 Å². The van der Waals surface area contributed by atoms with Crippen molar-refractivity contribution in [3.63, 3.8) is 0 Å². The van der Waals surface area contributed by atoms with Crippen LogP contribution in [0.25, 0.3) is 11.3 Å². The molecule has 1 aliphatic carbocycles. The number of nitrogens with zero attached hydrogens (tertiary/aromatic N) is 2. The molecule has 4 rings (SSSR count). The number of thiazole rings is 1. The van der Waals surface area contributed by atoms with E-state index in [4.69, 9.17) is 4.98 Å². The van der Waals surface area contributed by atoms with Crippen molar-refractivity contribution in [1.29, 1.82) is 0 Å². The van der Waals surface area contributed by atoms with Gasteiger partial charge in [-0.1, -0.05) is 11.6 Å². The minimum Gasteiger partial charge on any atom is -0.507 e. The maximum absolute atomic E-state index is 11.5. The second-order valence-electron chi connectivity index (χ2n) is 6.90. The molecule has 0 radical (unpaired) electrons. The summed E-state index contributed by atoms with van der Waals surface area (Å²) in [6, 6.07) is 5.51. The van der Waals surface area contributed by atoms with Crippen LogP contribution in [0.15, 0.2) is 23.6 Å². The van der Waals surface area contributed by atoms with E-state index in [0.29, 0.717) is 0 Å². The lowest BCUT2D eigenvalue weighted by Crippen LogP contribution is -2.44. The predicted octanol–water partition coefficient (Wildman–Crippen LogP) is 3.37. The van der Waals surface area contributed by atoms with Gasteiger partial charge in [0.1, 0.15) is 5.75 Å². The topological polar surface area (TPSA) is 73.7 Å². The number of carboxylic acids is 1. The Morgan fingerprint density at radius 3 is 2.67 bits per heavy atom. The number of aryl methyl sites for hydroxylation is 1. The highest BCUT2D eigenvalue weighted by atomic mass is 32.1. The third kappa shape index (κ3) is 2.55. The number of aromatic nitrogens is 1. The molecule has 6 heteroatoms. The minimum atomic E-state index is -0.647. The molecule has 1 saturated carbocycles. The van der Waals surface area contributed by atoms with E-state index in [1.54, 1.807) is 17.4 Å². The normalized spacial score (nSPS) is 25.9. The van der Waals surface area contributed by atoms with Crippen molar-refractivity contribution in [1.82, 2.24) is 4.98 Å². The smallest absolute Gasteiger partial charge is 0.307 e. The summed E-state index contributed by atoms with van der Waals surface area (Å²) in [5.74, 6) is -0.155. The Morgan fingerprint density at radius 1 is 1.29 bits per heavy atom. The summed E-state index contributed by atoms with van der Waals surface area (Å²) in [7, 11) is 0. The minimum absolute atomic E-state index is 0.193. The van der Waals surface area contributed by atoms with Gasteiger partial charge in [-0.25, -0.2) is 4.98 Å². The monoisotopic (exact) mass is 344 g/mol. The van der Waals surface area contributed by atoms with E-state index >= 15 is 0 Å². The number of aromatic hydroxyl groups is 1. The number of piperidine rings is 1. The number of hydrogen-bond donors (Lipinski definition) is 2. The zero-order valence-corrected chi connectivity index (χ0v) is 14.3. The number of carbonyl (C=O) groups is 1. The molecule has 2 unspecified atom stereocenters. The quantitative estimate of drug-likeness (QED) is 0.893. The van der Waals surface area contributed by atoms with Gasteiger partial charge in [-0.05, 0) is 43.7 Å². The lowest BCUT2D eigenvalue weighted by Gasteiger charge is -2.35. The molecule has 1 aromatic heterocycles. The van der Waals surface area contributed by atoms with Crippen LogP contribution >= 0.6 is 11.3 Å². The van der Waals surface area contributed by atoms with Crippen LogP contribution < -0.4 is 4.90 Å².